The van der Waals surface area contributed by atoms with E-state index in [1.165, 1.54) is 16.7 Å². The van der Waals surface area contributed by atoms with Crippen molar-refractivity contribution in [1.82, 2.24) is 0 Å². The largest absolute Gasteiger partial charge is 0.300 e. The average molecular weight is 244 g/mol. The molecular weight excluding hydrogens is 220 g/mol. The molecule has 0 bridgehead atoms. The van der Waals surface area contributed by atoms with Gasteiger partial charge >= 0.3 is 0 Å². The Balaban J connectivity index is 2.99. The van der Waals surface area contributed by atoms with Crippen LogP contribution in [0.25, 0.3) is 5.57 Å². The molecule has 0 fully saturated rings. The fourth-order valence-electron chi connectivity index (χ4n) is 2.03. The van der Waals surface area contributed by atoms with Crippen LogP contribution in [0.1, 0.15) is 51.2 Å². The van der Waals surface area contributed by atoms with Gasteiger partial charge in [-0.2, -0.15) is 0 Å². The maximum Gasteiger partial charge on any atom is 0.132 e. The molecule has 1 rings (SSSR count). The molecule has 0 aliphatic heterocycles. The topological polar surface area (TPSA) is 17.1 Å². The van der Waals surface area contributed by atoms with Gasteiger partial charge in [0, 0.05) is 5.92 Å². The minimum absolute atomic E-state index is 0.104. The zero-order chi connectivity index (χ0) is 13.5. The number of aryl methyl sites for hydroxylation is 1. The predicted octanol–water partition coefficient (Wildman–Crippen LogP) is 4.79. The molecule has 0 saturated heterocycles. The van der Waals surface area contributed by atoms with Gasteiger partial charge < -0.3 is 0 Å². The van der Waals surface area contributed by atoms with E-state index in [9.17, 15) is 4.79 Å². The third-order valence-electron chi connectivity index (χ3n) is 3.39. The van der Waals surface area contributed by atoms with Crippen LogP contribution in [0, 0.1) is 12.8 Å². The first-order chi connectivity index (χ1) is 8.56. The molecule has 1 atom stereocenters. The van der Waals surface area contributed by atoms with Crippen molar-refractivity contribution >= 4 is 11.4 Å². The van der Waals surface area contributed by atoms with Gasteiger partial charge in [0.15, 0.2) is 0 Å². The molecule has 0 saturated carbocycles. The Kier molecular flexibility index (Phi) is 5.84. The number of allylic oxidation sites excluding steroid dienone is 2. The van der Waals surface area contributed by atoms with E-state index in [-0.39, 0.29) is 11.7 Å². The molecule has 1 nitrogen and oxygen atoms in total. The number of ketones is 1. The first kappa shape index (κ1) is 14.7. The van der Waals surface area contributed by atoms with E-state index in [0.717, 1.165) is 19.3 Å². The van der Waals surface area contributed by atoms with Gasteiger partial charge in [0.1, 0.15) is 5.78 Å². The number of rotatable bonds is 6. The Morgan fingerprint density at radius 3 is 2.56 bits per heavy atom. The Bertz CT molecular complexity index is 429. The van der Waals surface area contributed by atoms with Crippen molar-refractivity contribution < 1.29 is 4.79 Å². The molecule has 98 valence electrons. The molecule has 0 spiro atoms. The maximum absolute atomic E-state index is 11.4. The van der Waals surface area contributed by atoms with Gasteiger partial charge in [-0.1, -0.05) is 50.6 Å². The van der Waals surface area contributed by atoms with Gasteiger partial charge in [-0.15, -0.1) is 0 Å². The summed E-state index contributed by atoms with van der Waals surface area (Å²) in [5, 5.41) is 0. The smallest absolute Gasteiger partial charge is 0.132 e. The summed E-state index contributed by atoms with van der Waals surface area (Å²) in [7, 11) is 0. The van der Waals surface area contributed by atoms with Crippen molar-refractivity contribution in [2.24, 2.45) is 5.92 Å². The zero-order valence-electron chi connectivity index (χ0n) is 12.0. The Labute approximate surface area is 111 Å². The highest BCUT2D eigenvalue weighted by Crippen LogP contribution is 2.26. The van der Waals surface area contributed by atoms with Gasteiger partial charge in [0.2, 0.25) is 0 Å². The Morgan fingerprint density at radius 2 is 2.00 bits per heavy atom. The van der Waals surface area contributed by atoms with E-state index < -0.39 is 0 Å². The third kappa shape index (κ3) is 4.14. The number of hydrogen-bond donors (Lipinski definition) is 0. The molecule has 1 aromatic carbocycles. The average Bonchev–Trinajstić information content (AvgIpc) is 2.35. The van der Waals surface area contributed by atoms with Crippen LogP contribution in [0.15, 0.2) is 30.3 Å². The number of Topliss-reactive ketones (excluding diaryl/α,β-unsaturated/α-hetero) is 1. The lowest BCUT2D eigenvalue weighted by Gasteiger charge is -2.14. The van der Waals surface area contributed by atoms with E-state index >= 15 is 0 Å². The lowest BCUT2D eigenvalue weighted by Crippen LogP contribution is -2.07. The minimum atomic E-state index is 0.104. The second-order valence-electron chi connectivity index (χ2n) is 5.05. The van der Waals surface area contributed by atoms with Crippen LogP contribution in [-0.4, -0.2) is 5.78 Å². The predicted molar refractivity (Wildman–Crippen MR) is 78.5 cm³/mol. The molecule has 18 heavy (non-hydrogen) atoms. The van der Waals surface area contributed by atoms with E-state index in [4.69, 9.17) is 0 Å². The van der Waals surface area contributed by atoms with Crippen molar-refractivity contribution in [3.63, 3.8) is 0 Å². The second kappa shape index (κ2) is 7.15. The summed E-state index contributed by atoms with van der Waals surface area (Å²) in [6, 6.07) is 8.42. The molecular formula is C17H24O. The molecule has 1 unspecified atom stereocenters. The summed E-state index contributed by atoms with van der Waals surface area (Å²) in [6.45, 7) is 8.01. The van der Waals surface area contributed by atoms with Gasteiger partial charge in [-0.3, -0.25) is 4.79 Å². The van der Waals surface area contributed by atoms with Crippen molar-refractivity contribution in [3.8, 4) is 0 Å². The number of carbonyl (C=O) groups is 1. The Morgan fingerprint density at radius 1 is 1.33 bits per heavy atom. The molecule has 0 N–H and O–H groups in total. The molecule has 0 aromatic heterocycles. The van der Waals surface area contributed by atoms with Crippen molar-refractivity contribution in [2.75, 3.05) is 0 Å². The lowest BCUT2D eigenvalue weighted by molar-refractivity contribution is -0.120. The van der Waals surface area contributed by atoms with Crippen LogP contribution in [-0.2, 0) is 4.79 Å². The first-order valence-corrected chi connectivity index (χ1v) is 6.81. The van der Waals surface area contributed by atoms with Crippen molar-refractivity contribution in [3.05, 3.63) is 41.5 Å². The van der Waals surface area contributed by atoms with Gasteiger partial charge in [0.25, 0.3) is 0 Å². The molecule has 1 heteroatoms. The fraction of sp³-hybridized carbons (Fsp3) is 0.471. The number of hydrogen-bond acceptors (Lipinski definition) is 1. The van der Waals surface area contributed by atoms with Crippen LogP contribution in [0.3, 0.4) is 0 Å². The lowest BCUT2D eigenvalue weighted by atomic mass is 9.90. The molecule has 0 heterocycles. The number of unbranched alkanes of at least 4 members (excludes halogenated alkanes) is 1. The van der Waals surface area contributed by atoms with Crippen molar-refractivity contribution in [2.45, 2.75) is 47.0 Å². The standard InChI is InChI=1S/C17H24O/c1-5-6-10-16(12-14(3)15(4)18)17-11-8-7-9-13(17)2/h7-11,14H,5-6,12H2,1-4H3/b16-10-. The minimum Gasteiger partial charge on any atom is -0.300 e. The number of carbonyl (C=O) groups excluding carboxylic acids is 1. The van der Waals surface area contributed by atoms with Crippen LogP contribution in [0.4, 0.5) is 0 Å². The maximum atomic E-state index is 11.4. The summed E-state index contributed by atoms with van der Waals surface area (Å²) in [6.07, 6.45) is 5.36. The van der Waals surface area contributed by atoms with Crippen LogP contribution in [0.5, 0.6) is 0 Å². The molecule has 1 aromatic rings. The highest BCUT2D eigenvalue weighted by molar-refractivity contribution is 5.81. The second-order valence-corrected chi connectivity index (χ2v) is 5.05. The van der Waals surface area contributed by atoms with Crippen LogP contribution >= 0.6 is 0 Å². The van der Waals surface area contributed by atoms with Gasteiger partial charge in [0.05, 0.1) is 0 Å². The number of benzene rings is 1. The molecule has 0 radical (unpaired) electrons. The summed E-state index contributed by atoms with van der Waals surface area (Å²) in [5.74, 6) is 0.374. The monoisotopic (exact) mass is 244 g/mol. The van der Waals surface area contributed by atoms with E-state index in [2.05, 4.69) is 44.2 Å². The summed E-state index contributed by atoms with van der Waals surface area (Å²) < 4.78 is 0. The highest BCUT2D eigenvalue weighted by Gasteiger charge is 2.12. The van der Waals surface area contributed by atoms with Crippen LogP contribution < -0.4 is 0 Å². The van der Waals surface area contributed by atoms with Crippen LogP contribution in [0.2, 0.25) is 0 Å². The van der Waals surface area contributed by atoms with E-state index in [1.807, 2.05) is 6.92 Å². The Hall–Kier alpha value is -1.37. The quantitative estimate of drug-likeness (QED) is 0.703. The fourth-order valence-corrected chi connectivity index (χ4v) is 2.03. The highest BCUT2D eigenvalue weighted by atomic mass is 16.1. The van der Waals surface area contributed by atoms with Gasteiger partial charge in [-0.25, -0.2) is 0 Å². The van der Waals surface area contributed by atoms with Crippen molar-refractivity contribution in [1.29, 1.82) is 0 Å². The van der Waals surface area contributed by atoms with E-state index in [1.54, 1.807) is 6.92 Å². The summed E-state index contributed by atoms with van der Waals surface area (Å²) >= 11 is 0. The normalized spacial score (nSPS) is 13.4. The first-order valence-electron chi connectivity index (χ1n) is 6.81. The van der Waals surface area contributed by atoms with Gasteiger partial charge in [-0.05, 0) is 43.4 Å². The summed E-state index contributed by atoms with van der Waals surface area (Å²) in [5.41, 5.74) is 3.90. The SMILES string of the molecule is CCC/C=C(/CC(C)C(C)=O)c1ccccc1C. The summed E-state index contributed by atoms with van der Waals surface area (Å²) in [4.78, 5) is 11.4. The molecule has 0 aliphatic rings. The molecule has 0 amide bonds. The molecule has 0 aliphatic carbocycles. The van der Waals surface area contributed by atoms with E-state index in [0.29, 0.717) is 0 Å². The zero-order valence-corrected chi connectivity index (χ0v) is 12.0. The third-order valence-corrected chi connectivity index (χ3v) is 3.39.